The van der Waals surface area contributed by atoms with Crippen LogP contribution in [0.3, 0.4) is 0 Å². The molecule has 3 nitrogen and oxygen atoms in total. The van der Waals surface area contributed by atoms with Gasteiger partial charge in [-0.3, -0.25) is 9.69 Å². The molecule has 112 valence electrons. The van der Waals surface area contributed by atoms with Crippen LogP contribution in [0.25, 0.3) is 0 Å². The van der Waals surface area contributed by atoms with E-state index in [-0.39, 0.29) is 18.4 Å². The second-order valence-electron chi connectivity index (χ2n) is 5.88. The third-order valence-electron chi connectivity index (χ3n) is 3.70. The lowest BCUT2D eigenvalue weighted by molar-refractivity contribution is -0.142. The Balaban J connectivity index is 0.00000200. The Kier molecular flexibility index (Phi) is 6.50. The minimum absolute atomic E-state index is 0. The maximum absolute atomic E-state index is 11.1. The van der Waals surface area contributed by atoms with Crippen LogP contribution in [0.5, 0.6) is 0 Å². The summed E-state index contributed by atoms with van der Waals surface area (Å²) in [6.07, 6.45) is 2.87. The van der Waals surface area contributed by atoms with E-state index in [0.717, 1.165) is 32.4 Å². The van der Waals surface area contributed by atoms with E-state index in [4.69, 9.17) is 5.11 Å². The summed E-state index contributed by atoms with van der Waals surface area (Å²) in [6, 6.07) is 8.31. The van der Waals surface area contributed by atoms with E-state index in [0.29, 0.717) is 5.92 Å². The number of likely N-dealkylation sites (tertiary alicyclic amines) is 1. The Bertz CT molecular complexity index is 431. The van der Waals surface area contributed by atoms with Crippen molar-refractivity contribution in [1.29, 1.82) is 0 Å². The van der Waals surface area contributed by atoms with E-state index in [1.54, 1.807) is 0 Å². The normalized spacial score (nSPS) is 19.1. The standard InChI is InChI=1S/C16H23NO2.ClH/c1-12(2)10-13-5-7-14(8-6-13)11-17-9-3-4-15(17)16(18)19;/h5-8,12,15H,3-4,9-11H2,1-2H3,(H,18,19);1H. The zero-order valence-corrected chi connectivity index (χ0v) is 13.0. The lowest BCUT2D eigenvalue weighted by Crippen LogP contribution is -2.35. The van der Waals surface area contributed by atoms with Gasteiger partial charge >= 0.3 is 5.97 Å². The Labute approximate surface area is 127 Å². The van der Waals surface area contributed by atoms with Gasteiger partial charge in [-0.05, 0) is 42.9 Å². The zero-order chi connectivity index (χ0) is 13.8. The molecule has 20 heavy (non-hydrogen) atoms. The Morgan fingerprint density at radius 2 is 1.90 bits per heavy atom. The van der Waals surface area contributed by atoms with E-state index < -0.39 is 5.97 Å². The number of carboxylic acids is 1. The van der Waals surface area contributed by atoms with Crippen molar-refractivity contribution in [3.05, 3.63) is 35.4 Å². The smallest absolute Gasteiger partial charge is 0.320 e. The van der Waals surface area contributed by atoms with Gasteiger partial charge < -0.3 is 5.11 Å². The summed E-state index contributed by atoms with van der Waals surface area (Å²) in [5.74, 6) is -0.0187. The fourth-order valence-electron chi connectivity index (χ4n) is 2.78. The van der Waals surface area contributed by atoms with Crippen LogP contribution in [-0.2, 0) is 17.8 Å². The molecule has 0 bridgehead atoms. The van der Waals surface area contributed by atoms with Gasteiger partial charge in [0.1, 0.15) is 6.04 Å². The third kappa shape index (κ3) is 4.50. The van der Waals surface area contributed by atoms with Crippen LogP contribution in [0, 0.1) is 5.92 Å². The minimum Gasteiger partial charge on any atom is -0.480 e. The van der Waals surface area contributed by atoms with Crippen molar-refractivity contribution in [2.75, 3.05) is 6.54 Å². The largest absolute Gasteiger partial charge is 0.480 e. The highest BCUT2D eigenvalue weighted by molar-refractivity contribution is 5.85. The van der Waals surface area contributed by atoms with Gasteiger partial charge in [0.05, 0.1) is 0 Å². The summed E-state index contributed by atoms with van der Waals surface area (Å²) in [7, 11) is 0. The molecule has 1 N–H and O–H groups in total. The quantitative estimate of drug-likeness (QED) is 0.906. The van der Waals surface area contributed by atoms with E-state index in [1.165, 1.54) is 11.1 Å². The number of halogens is 1. The summed E-state index contributed by atoms with van der Waals surface area (Å²) in [4.78, 5) is 13.2. The Hall–Kier alpha value is -1.06. The number of hydrogen-bond donors (Lipinski definition) is 1. The number of rotatable bonds is 5. The number of carbonyl (C=O) groups is 1. The number of aliphatic carboxylic acids is 1. The van der Waals surface area contributed by atoms with Crippen LogP contribution in [0.1, 0.15) is 37.8 Å². The van der Waals surface area contributed by atoms with Crippen molar-refractivity contribution in [3.8, 4) is 0 Å². The molecule has 0 saturated carbocycles. The molecular weight excluding hydrogens is 274 g/mol. The second-order valence-corrected chi connectivity index (χ2v) is 5.88. The van der Waals surface area contributed by atoms with Crippen molar-refractivity contribution in [3.63, 3.8) is 0 Å². The molecule has 1 aromatic rings. The summed E-state index contributed by atoms with van der Waals surface area (Å²) >= 11 is 0. The maximum Gasteiger partial charge on any atom is 0.320 e. The number of carboxylic acid groups (broad SMARTS) is 1. The summed E-state index contributed by atoms with van der Waals surface area (Å²) in [6.45, 7) is 6.08. The van der Waals surface area contributed by atoms with Gasteiger partial charge in [0.15, 0.2) is 0 Å². The van der Waals surface area contributed by atoms with Gasteiger partial charge in [0.2, 0.25) is 0 Å². The van der Waals surface area contributed by atoms with Gasteiger partial charge in [-0.15, -0.1) is 12.4 Å². The lowest BCUT2D eigenvalue weighted by atomic mass is 10.0. The molecule has 0 aromatic heterocycles. The predicted octanol–water partition coefficient (Wildman–Crippen LogP) is 3.36. The lowest BCUT2D eigenvalue weighted by Gasteiger charge is -2.21. The Morgan fingerprint density at radius 1 is 1.30 bits per heavy atom. The highest BCUT2D eigenvalue weighted by Crippen LogP contribution is 2.20. The van der Waals surface area contributed by atoms with Gasteiger partial charge in [0, 0.05) is 6.54 Å². The van der Waals surface area contributed by atoms with Gasteiger partial charge in [-0.1, -0.05) is 38.1 Å². The molecule has 1 saturated heterocycles. The predicted molar refractivity (Wildman–Crippen MR) is 83.3 cm³/mol. The zero-order valence-electron chi connectivity index (χ0n) is 12.2. The highest BCUT2D eigenvalue weighted by atomic mass is 35.5. The van der Waals surface area contributed by atoms with Crippen molar-refractivity contribution in [2.45, 2.75) is 45.7 Å². The molecule has 0 radical (unpaired) electrons. The topological polar surface area (TPSA) is 40.5 Å². The summed E-state index contributed by atoms with van der Waals surface area (Å²) in [5, 5.41) is 9.16. The first kappa shape index (κ1) is 17.0. The highest BCUT2D eigenvalue weighted by Gasteiger charge is 2.30. The first-order valence-corrected chi connectivity index (χ1v) is 7.11. The molecule has 1 atom stereocenters. The maximum atomic E-state index is 11.1. The molecule has 0 spiro atoms. The van der Waals surface area contributed by atoms with Gasteiger partial charge in [0.25, 0.3) is 0 Å². The first-order chi connectivity index (χ1) is 9.06. The van der Waals surface area contributed by atoms with Gasteiger partial charge in [-0.2, -0.15) is 0 Å². The fraction of sp³-hybridized carbons (Fsp3) is 0.562. The molecular formula is C16H24ClNO2. The van der Waals surface area contributed by atoms with Crippen molar-refractivity contribution in [1.82, 2.24) is 4.90 Å². The van der Waals surface area contributed by atoms with Crippen molar-refractivity contribution >= 4 is 18.4 Å². The average Bonchev–Trinajstić information content (AvgIpc) is 2.79. The van der Waals surface area contributed by atoms with Crippen molar-refractivity contribution in [2.24, 2.45) is 5.92 Å². The molecule has 1 heterocycles. The monoisotopic (exact) mass is 297 g/mol. The van der Waals surface area contributed by atoms with E-state index in [1.807, 2.05) is 0 Å². The average molecular weight is 298 g/mol. The second kappa shape index (κ2) is 7.65. The SMILES string of the molecule is CC(C)Cc1ccc(CN2CCCC2C(=O)O)cc1.Cl. The molecule has 4 heteroatoms. The fourth-order valence-corrected chi connectivity index (χ4v) is 2.78. The molecule has 2 rings (SSSR count). The molecule has 1 aliphatic rings. The molecule has 0 amide bonds. The molecule has 1 aromatic carbocycles. The van der Waals surface area contributed by atoms with E-state index in [9.17, 15) is 4.79 Å². The summed E-state index contributed by atoms with van der Waals surface area (Å²) in [5.41, 5.74) is 2.57. The van der Waals surface area contributed by atoms with Crippen LogP contribution >= 0.6 is 12.4 Å². The minimum atomic E-state index is -0.686. The summed E-state index contributed by atoms with van der Waals surface area (Å²) < 4.78 is 0. The van der Waals surface area contributed by atoms with Crippen LogP contribution < -0.4 is 0 Å². The number of nitrogens with zero attached hydrogens (tertiary/aromatic N) is 1. The molecule has 1 aliphatic heterocycles. The Morgan fingerprint density at radius 3 is 2.45 bits per heavy atom. The van der Waals surface area contributed by atoms with Crippen LogP contribution in [0.15, 0.2) is 24.3 Å². The van der Waals surface area contributed by atoms with Gasteiger partial charge in [-0.25, -0.2) is 0 Å². The first-order valence-electron chi connectivity index (χ1n) is 7.11. The number of benzene rings is 1. The van der Waals surface area contributed by atoms with Crippen LogP contribution in [-0.4, -0.2) is 28.6 Å². The van der Waals surface area contributed by atoms with E-state index >= 15 is 0 Å². The number of hydrogen-bond acceptors (Lipinski definition) is 2. The van der Waals surface area contributed by atoms with Crippen molar-refractivity contribution < 1.29 is 9.90 Å². The molecule has 0 aliphatic carbocycles. The molecule has 1 unspecified atom stereocenters. The third-order valence-corrected chi connectivity index (χ3v) is 3.70. The van der Waals surface area contributed by atoms with E-state index in [2.05, 4.69) is 43.0 Å². The van der Waals surface area contributed by atoms with Crippen LogP contribution in [0.2, 0.25) is 0 Å². The van der Waals surface area contributed by atoms with Crippen LogP contribution in [0.4, 0.5) is 0 Å². The molecule has 1 fully saturated rings.